The van der Waals surface area contributed by atoms with Gasteiger partial charge in [0.05, 0.1) is 25.8 Å². The number of nitrogens with one attached hydrogen (secondary N) is 3. The molecular weight excluding hydrogens is 320 g/mol. The van der Waals surface area contributed by atoms with Crippen LogP contribution in [0.4, 0.5) is 17.5 Å². The summed E-state index contributed by atoms with van der Waals surface area (Å²) in [5, 5.41) is 14.4. The smallest absolute Gasteiger partial charge is 0.231 e. The number of fused-ring (bicyclic) bond motifs is 1. The number of H-pyrrole nitrogens is 1. The number of hydrogen-bond acceptors (Lipinski definition) is 7. The second kappa shape index (κ2) is 7.69. The first-order valence-electron chi connectivity index (χ1n) is 8.19. The molecule has 1 aromatic carbocycles. The van der Waals surface area contributed by atoms with E-state index in [2.05, 4.69) is 37.7 Å². The normalized spacial score (nSPS) is 10.7. The van der Waals surface area contributed by atoms with Gasteiger partial charge in [-0.15, -0.1) is 0 Å². The fourth-order valence-electron chi connectivity index (χ4n) is 2.45. The van der Waals surface area contributed by atoms with Crippen molar-refractivity contribution in [3.05, 3.63) is 24.4 Å². The van der Waals surface area contributed by atoms with Crippen LogP contribution in [0.2, 0.25) is 0 Å². The van der Waals surface area contributed by atoms with Gasteiger partial charge in [-0.25, -0.2) is 0 Å². The zero-order valence-electron chi connectivity index (χ0n) is 14.6. The van der Waals surface area contributed by atoms with Crippen LogP contribution >= 0.6 is 0 Å². The standard InChI is InChI=1S/C17H22N6O2/c1-4-5-8-18-15-12-10-19-23-16(12)22-17(21-15)20-11-6-7-13(24-2)14(9-11)25-3/h6-7,9-10H,4-5,8H2,1-3H3,(H3,18,19,20,21,22,23). The van der Waals surface area contributed by atoms with Crippen LogP contribution in [0.1, 0.15) is 19.8 Å². The Kier molecular flexibility index (Phi) is 5.17. The number of benzene rings is 1. The molecule has 8 heteroatoms. The molecule has 0 aliphatic rings. The third kappa shape index (κ3) is 3.73. The number of nitrogens with zero attached hydrogens (tertiary/aromatic N) is 3. The maximum Gasteiger partial charge on any atom is 0.231 e. The maximum atomic E-state index is 5.33. The predicted octanol–water partition coefficient (Wildman–Crippen LogP) is 3.33. The highest BCUT2D eigenvalue weighted by Crippen LogP contribution is 2.31. The molecule has 132 valence electrons. The van der Waals surface area contributed by atoms with E-state index in [4.69, 9.17) is 9.47 Å². The molecule has 0 aliphatic heterocycles. The fraction of sp³-hybridized carbons (Fsp3) is 0.353. The number of unbranched alkanes of at least 4 members (excludes halogenated alkanes) is 1. The van der Waals surface area contributed by atoms with E-state index in [9.17, 15) is 0 Å². The average molecular weight is 342 g/mol. The van der Waals surface area contributed by atoms with Crippen molar-refractivity contribution in [3.63, 3.8) is 0 Å². The summed E-state index contributed by atoms with van der Waals surface area (Å²) in [6, 6.07) is 5.55. The van der Waals surface area contributed by atoms with Gasteiger partial charge in [0.15, 0.2) is 17.1 Å². The monoisotopic (exact) mass is 342 g/mol. The maximum absolute atomic E-state index is 5.33. The molecule has 0 unspecified atom stereocenters. The molecule has 0 saturated carbocycles. The van der Waals surface area contributed by atoms with Crippen LogP contribution in [-0.2, 0) is 0 Å². The van der Waals surface area contributed by atoms with Gasteiger partial charge in [-0.1, -0.05) is 13.3 Å². The third-order valence-electron chi connectivity index (χ3n) is 3.77. The molecule has 0 atom stereocenters. The summed E-state index contributed by atoms with van der Waals surface area (Å²) in [6.45, 7) is 3.00. The lowest BCUT2D eigenvalue weighted by atomic mass is 10.2. The molecule has 0 bridgehead atoms. The molecule has 25 heavy (non-hydrogen) atoms. The average Bonchev–Trinajstić information content (AvgIpc) is 3.10. The van der Waals surface area contributed by atoms with Crippen LogP contribution < -0.4 is 20.1 Å². The number of rotatable bonds is 8. The molecule has 0 saturated heterocycles. The summed E-state index contributed by atoms with van der Waals surface area (Å²) >= 11 is 0. The van der Waals surface area contributed by atoms with Crippen molar-refractivity contribution in [1.82, 2.24) is 20.2 Å². The van der Waals surface area contributed by atoms with Crippen molar-refractivity contribution in [2.75, 3.05) is 31.4 Å². The summed E-state index contributed by atoms with van der Waals surface area (Å²) in [6.07, 6.45) is 3.91. The van der Waals surface area contributed by atoms with Crippen molar-refractivity contribution >= 4 is 28.5 Å². The quantitative estimate of drug-likeness (QED) is 0.540. The van der Waals surface area contributed by atoms with E-state index < -0.39 is 0 Å². The molecule has 0 amide bonds. The highest BCUT2D eigenvalue weighted by Gasteiger charge is 2.11. The van der Waals surface area contributed by atoms with Gasteiger partial charge < -0.3 is 20.1 Å². The minimum absolute atomic E-state index is 0.475. The molecule has 3 rings (SSSR count). The number of anilines is 3. The van der Waals surface area contributed by atoms with Crippen molar-refractivity contribution < 1.29 is 9.47 Å². The van der Waals surface area contributed by atoms with E-state index in [0.717, 1.165) is 36.3 Å². The molecule has 0 fully saturated rings. The van der Waals surface area contributed by atoms with Crippen molar-refractivity contribution in [1.29, 1.82) is 0 Å². The highest BCUT2D eigenvalue weighted by atomic mass is 16.5. The van der Waals surface area contributed by atoms with E-state index in [1.165, 1.54) is 0 Å². The lowest BCUT2D eigenvalue weighted by molar-refractivity contribution is 0.355. The lowest BCUT2D eigenvalue weighted by Crippen LogP contribution is -2.06. The molecule has 0 aliphatic carbocycles. The van der Waals surface area contributed by atoms with E-state index in [1.54, 1.807) is 20.4 Å². The summed E-state index contributed by atoms with van der Waals surface area (Å²) in [5.74, 6) is 2.54. The first-order chi connectivity index (χ1) is 12.2. The largest absolute Gasteiger partial charge is 0.493 e. The zero-order chi connectivity index (χ0) is 17.6. The molecule has 2 heterocycles. The molecule has 8 nitrogen and oxygen atoms in total. The van der Waals surface area contributed by atoms with E-state index >= 15 is 0 Å². The number of aromatic nitrogens is 4. The summed E-state index contributed by atoms with van der Waals surface area (Å²) in [7, 11) is 3.21. The minimum atomic E-state index is 0.475. The van der Waals surface area contributed by atoms with Crippen LogP contribution in [0.15, 0.2) is 24.4 Å². The highest BCUT2D eigenvalue weighted by molar-refractivity contribution is 5.87. The number of ether oxygens (including phenoxy) is 2. The molecule has 3 aromatic rings. The molecule has 3 N–H and O–H groups in total. The Morgan fingerprint density at radius 3 is 2.72 bits per heavy atom. The molecule has 0 spiro atoms. The van der Waals surface area contributed by atoms with E-state index in [-0.39, 0.29) is 0 Å². The Morgan fingerprint density at radius 1 is 1.12 bits per heavy atom. The summed E-state index contributed by atoms with van der Waals surface area (Å²) in [5.41, 5.74) is 1.48. The van der Waals surface area contributed by atoms with Gasteiger partial charge >= 0.3 is 0 Å². The summed E-state index contributed by atoms with van der Waals surface area (Å²) < 4.78 is 10.6. The number of hydrogen-bond donors (Lipinski definition) is 3. The molecule has 2 aromatic heterocycles. The van der Waals surface area contributed by atoms with Crippen LogP contribution in [0.5, 0.6) is 11.5 Å². The van der Waals surface area contributed by atoms with Crippen molar-refractivity contribution in [3.8, 4) is 11.5 Å². The minimum Gasteiger partial charge on any atom is -0.493 e. The van der Waals surface area contributed by atoms with Crippen LogP contribution in [0.3, 0.4) is 0 Å². The Bertz CT molecular complexity index is 848. The Labute approximate surface area is 146 Å². The van der Waals surface area contributed by atoms with E-state index in [0.29, 0.717) is 23.1 Å². The van der Waals surface area contributed by atoms with Crippen LogP contribution in [0, 0.1) is 0 Å². The molecular formula is C17H22N6O2. The van der Waals surface area contributed by atoms with Gasteiger partial charge in [-0.3, -0.25) is 5.10 Å². The van der Waals surface area contributed by atoms with Crippen molar-refractivity contribution in [2.45, 2.75) is 19.8 Å². The molecule has 0 radical (unpaired) electrons. The van der Waals surface area contributed by atoms with Crippen LogP contribution in [0.25, 0.3) is 11.0 Å². The van der Waals surface area contributed by atoms with Gasteiger partial charge in [-0.2, -0.15) is 15.1 Å². The number of aromatic amines is 1. The van der Waals surface area contributed by atoms with Gasteiger partial charge in [0.2, 0.25) is 5.95 Å². The first kappa shape index (κ1) is 16.8. The Morgan fingerprint density at radius 2 is 1.96 bits per heavy atom. The SMILES string of the molecule is CCCCNc1nc(Nc2ccc(OC)c(OC)c2)nc2[nH]ncc12. The number of methoxy groups -OCH3 is 2. The Hall–Kier alpha value is -3.03. The predicted molar refractivity (Wildman–Crippen MR) is 97.9 cm³/mol. The zero-order valence-corrected chi connectivity index (χ0v) is 14.6. The lowest BCUT2D eigenvalue weighted by Gasteiger charge is -2.12. The van der Waals surface area contributed by atoms with Crippen molar-refractivity contribution in [2.24, 2.45) is 0 Å². The second-order valence-corrected chi connectivity index (χ2v) is 5.50. The first-order valence-corrected chi connectivity index (χ1v) is 8.19. The Balaban J connectivity index is 1.88. The van der Waals surface area contributed by atoms with Gasteiger partial charge in [0, 0.05) is 18.3 Å². The topological polar surface area (TPSA) is 97.0 Å². The second-order valence-electron chi connectivity index (χ2n) is 5.50. The van der Waals surface area contributed by atoms with Gasteiger partial charge in [0.25, 0.3) is 0 Å². The van der Waals surface area contributed by atoms with Gasteiger partial charge in [0.1, 0.15) is 5.82 Å². The van der Waals surface area contributed by atoms with Gasteiger partial charge in [-0.05, 0) is 18.6 Å². The fourth-order valence-corrected chi connectivity index (χ4v) is 2.45. The summed E-state index contributed by atoms with van der Waals surface area (Å²) in [4.78, 5) is 9.04. The van der Waals surface area contributed by atoms with Crippen LogP contribution in [-0.4, -0.2) is 40.9 Å². The van der Waals surface area contributed by atoms with E-state index in [1.807, 2.05) is 18.2 Å². The third-order valence-corrected chi connectivity index (χ3v) is 3.77.